The molecule has 5 heteroatoms. The molecule has 4 nitrogen and oxygen atoms in total. The molecular weight excluding hydrogens is 274 g/mol. The van der Waals surface area contributed by atoms with Gasteiger partial charge in [-0.2, -0.15) is 0 Å². The number of hydrogen-bond acceptors (Lipinski definition) is 2. The standard InChI is InChI=1S/C15H23N3O.ClH/c1-12-4-2-3-5-14(12)17-15(19)18-10-7-13(6-9-16)8-11-18;/h2-5,13H,6-11,16H2,1H3,(H,17,19);1H. The summed E-state index contributed by atoms with van der Waals surface area (Å²) in [7, 11) is 0. The molecule has 0 aliphatic carbocycles. The highest BCUT2D eigenvalue weighted by Gasteiger charge is 2.22. The largest absolute Gasteiger partial charge is 0.330 e. The van der Waals surface area contributed by atoms with Crippen molar-refractivity contribution in [2.24, 2.45) is 11.7 Å². The van der Waals surface area contributed by atoms with Crippen molar-refractivity contribution >= 4 is 24.1 Å². The molecule has 20 heavy (non-hydrogen) atoms. The number of carbonyl (C=O) groups excluding carboxylic acids is 1. The van der Waals surface area contributed by atoms with Crippen LogP contribution in [0.15, 0.2) is 24.3 Å². The number of nitrogens with two attached hydrogens (primary N) is 1. The minimum atomic E-state index is 0. The summed E-state index contributed by atoms with van der Waals surface area (Å²) in [5.74, 6) is 0.688. The van der Waals surface area contributed by atoms with E-state index in [2.05, 4.69) is 5.32 Å². The zero-order chi connectivity index (χ0) is 13.7. The Morgan fingerprint density at radius 1 is 1.35 bits per heavy atom. The van der Waals surface area contributed by atoms with Crippen molar-refractivity contribution < 1.29 is 4.79 Å². The maximum Gasteiger partial charge on any atom is 0.321 e. The normalized spacial score (nSPS) is 15.6. The molecular formula is C15H24ClN3O. The number of anilines is 1. The number of carbonyl (C=O) groups is 1. The van der Waals surface area contributed by atoms with Gasteiger partial charge in [0.25, 0.3) is 0 Å². The number of halogens is 1. The lowest BCUT2D eigenvalue weighted by Gasteiger charge is -2.32. The predicted octanol–water partition coefficient (Wildman–Crippen LogP) is 3.01. The van der Waals surface area contributed by atoms with Crippen molar-refractivity contribution in [3.05, 3.63) is 29.8 Å². The van der Waals surface area contributed by atoms with E-state index < -0.39 is 0 Å². The molecule has 0 radical (unpaired) electrons. The lowest BCUT2D eigenvalue weighted by molar-refractivity contribution is 0.180. The van der Waals surface area contributed by atoms with Gasteiger partial charge in [0.1, 0.15) is 0 Å². The highest BCUT2D eigenvalue weighted by atomic mass is 35.5. The highest BCUT2D eigenvalue weighted by molar-refractivity contribution is 5.90. The van der Waals surface area contributed by atoms with E-state index >= 15 is 0 Å². The number of para-hydroxylation sites is 1. The molecule has 2 amide bonds. The molecule has 0 aromatic heterocycles. The van der Waals surface area contributed by atoms with Crippen molar-refractivity contribution in [1.29, 1.82) is 0 Å². The van der Waals surface area contributed by atoms with Crippen LogP contribution in [-0.2, 0) is 0 Å². The monoisotopic (exact) mass is 297 g/mol. The van der Waals surface area contributed by atoms with Gasteiger partial charge in [-0.3, -0.25) is 0 Å². The minimum absolute atomic E-state index is 0. The van der Waals surface area contributed by atoms with Gasteiger partial charge in [0.05, 0.1) is 0 Å². The van der Waals surface area contributed by atoms with Crippen molar-refractivity contribution in [1.82, 2.24) is 4.90 Å². The molecule has 0 saturated carbocycles. The summed E-state index contributed by atoms with van der Waals surface area (Å²) in [6.45, 7) is 4.42. The number of aryl methyl sites for hydroxylation is 1. The average Bonchev–Trinajstić information content (AvgIpc) is 2.42. The Balaban J connectivity index is 0.00000200. The number of rotatable bonds is 3. The van der Waals surface area contributed by atoms with Gasteiger partial charge in [-0.15, -0.1) is 12.4 Å². The number of likely N-dealkylation sites (tertiary alicyclic amines) is 1. The van der Waals surface area contributed by atoms with Gasteiger partial charge in [-0.25, -0.2) is 4.79 Å². The molecule has 0 unspecified atom stereocenters. The second-order valence-electron chi connectivity index (χ2n) is 5.25. The van der Waals surface area contributed by atoms with Crippen molar-refractivity contribution in [3.63, 3.8) is 0 Å². The van der Waals surface area contributed by atoms with Gasteiger partial charge in [0.15, 0.2) is 0 Å². The van der Waals surface area contributed by atoms with E-state index in [4.69, 9.17) is 5.73 Å². The Hall–Kier alpha value is -1.26. The van der Waals surface area contributed by atoms with Crippen LogP contribution in [-0.4, -0.2) is 30.6 Å². The summed E-state index contributed by atoms with van der Waals surface area (Å²) >= 11 is 0. The summed E-state index contributed by atoms with van der Waals surface area (Å²) in [5, 5.41) is 2.99. The maximum atomic E-state index is 12.2. The number of nitrogens with zero attached hydrogens (tertiary/aromatic N) is 1. The van der Waals surface area contributed by atoms with Gasteiger partial charge >= 0.3 is 6.03 Å². The molecule has 1 aliphatic heterocycles. The smallest absolute Gasteiger partial charge is 0.321 e. The highest BCUT2D eigenvalue weighted by Crippen LogP contribution is 2.21. The van der Waals surface area contributed by atoms with Gasteiger partial charge in [-0.05, 0) is 50.3 Å². The number of amides is 2. The van der Waals surface area contributed by atoms with E-state index in [0.717, 1.165) is 50.1 Å². The second-order valence-corrected chi connectivity index (χ2v) is 5.25. The summed E-state index contributed by atoms with van der Waals surface area (Å²) < 4.78 is 0. The summed E-state index contributed by atoms with van der Waals surface area (Å²) in [5.41, 5.74) is 7.57. The topological polar surface area (TPSA) is 58.4 Å². The molecule has 1 aromatic carbocycles. The Kier molecular flexibility index (Phi) is 6.82. The molecule has 1 saturated heterocycles. The lowest BCUT2D eigenvalue weighted by Crippen LogP contribution is -2.41. The second kappa shape index (κ2) is 8.12. The fraction of sp³-hybridized carbons (Fsp3) is 0.533. The van der Waals surface area contributed by atoms with Crippen LogP contribution in [0.25, 0.3) is 0 Å². The van der Waals surface area contributed by atoms with E-state index in [9.17, 15) is 4.79 Å². The molecule has 1 fully saturated rings. The molecule has 0 atom stereocenters. The van der Waals surface area contributed by atoms with Crippen molar-refractivity contribution in [2.45, 2.75) is 26.2 Å². The van der Waals surface area contributed by atoms with Gasteiger partial charge in [0, 0.05) is 18.8 Å². The summed E-state index contributed by atoms with van der Waals surface area (Å²) in [4.78, 5) is 14.1. The molecule has 0 bridgehead atoms. The first-order valence-electron chi connectivity index (χ1n) is 7.02. The fourth-order valence-corrected chi connectivity index (χ4v) is 2.57. The molecule has 3 N–H and O–H groups in total. The quantitative estimate of drug-likeness (QED) is 0.901. The number of nitrogens with one attached hydrogen (secondary N) is 1. The lowest BCUT2D eigenvalue weighted by atomic mass is 9.94. The predicted molar refractivity (Wildman–Crippen MR) is 85.4 cm³/mol. The summed E-state index contributed by atoms with van der Waals surface area (Å²) in [6, 6.07) is 7.87. The average molecular weight is 298 g/mol. The van der Waals surface area contributed by atoms with E-state index in [1.54, 1.807) is 0 Å². The fourth-order valence-electron chi connectivity index (χ4n) is 2.57. The Bertz CT molecular complexity index is 431. The number of piperidine rings is 1. The van der Waals surface area contributed by atoms with Gasteiger partial charge < -0.3 is 16.0 Å². The van der Waals surface area contributed by atoms with E-state index in [0.29, 0.717) is 5.92 Å². The molecule has 2 rings (SSSR count). The number of hydrogen-bond donors (Lipinski definition) is 2. The van der Waals surface area contributed by atoms with Crippen LogP contribution in [0.1, 0.15) is 24.8 Å². The minimum Gasteiger partial charge on any atom is -0.330 e. The van der Waals surface area contributed by atoms with E-state index in [-0.39, 0.29) is 18.4 Å². The zero-order valence-electron chi connectivity index (χ0n) is 12.0. The Morgan fingerprint density at radius 3 is 2.60 bits per heavy atom. The van der Waals surface area contributed by atoms with Crippen LogP contribution in [0.3, 0.4) is 0 Å². The Labute approximate surface area is 127 Å². The number of benzene rings is 1. The Morgan fingerprint density at radius 2 is 2.00 bits per heavy atom. The molecule has 0 spiro atoms. The zero-order valence-corrected chi connectivity index (χ0v) is 12.8. The third kappa shape index (κ3) is 4.39. The molecule has 112 valence electrons. The van der Waals surface area contributed by atoms with Crippen LogP contribution in [0.2, 0.25) is 0 Å². The van der Waals surface area contributed by atoms with Crippen molar-refractivity contribution in [3.8, 4) is 0 Å². The third-order valence-corrected chi connectivity index (χ3v) is 3.86. The molecule has 1 aliphatic rings. The first kappa shape index (κ1) is 16.8. The molecule has 1 heterocycles. The molecule has 1 aromatic rings. The van der Waals surface area contributed by atoms with Crippen LogP contribution in [0.5, 0.6) is 0 Å². The number of urea groups is 1. The van der Waals surface area contributed by atoms with E-state index in [1.807, 2.05) is 36.1 Å². The van der Waals surface area contributed by atoms with Gasteiger partial charge in [-0.1, -0.05) is 18.2 Å². The first-order chi connectivity index (χ1) is 9.20. The van der Waals surface area contributed by atoms with Crippen LogP contribution in [0, 0.1) is 12.8 Å². The SMILES string of the molecule is Cc1ccccc1NC(=O)N1CCC(CCN)CC1.Cl. The van der Waals surface area contributed by atoms with Crippen LogP contribution < -0.4 is 11.1 Å². The van der Waals surface area contributed by atoms with Crippen LogP contribution in [0.4, 0.5) is 10.5 Å². The van der Waals surface area contributed by atoms with Gasteiger partial charge in [0.2, 0.25) is 0 Å². The maximum absolute atomic E-state index is 12.2. The van der Waals surface area contributed by atoms with Crippen molar-refractivity contribution in [2.75, 3.05) is 25.0 Å². The first-order valence-corrected chi connectivity index (χ1v) is 7.02. The van der Waals surface area contributed by atoms with E-state index in [1.165, 1.54) is 0 Å². The third-order valence-electron chi connectivity index (χ3n) is 3.86. The van der Waals surface area contributed by atoms with Crippen LogP contribution >= 0.6 is 12.4 Å². The summed E-state index contributed by atoms with van der Waals surface area (Å²) in [6.07, 6.45) is 3.21.